The fourth-order valence-electron chi connectivity index (χ4n) is 0.935. The van der Waals surface area contributed by atoms with Crippen molar-refractivity contribution in [1.82, 2.24) is 20.8 Å². The predicted octanol–water partition coefficient (Wildman–Crippen LogP) is 0.838. The van der Waals surface area contributed by atoms with E-state index in [2.05, 4.69) is 25.3 Å². The Balaban J connectivity index is 2.41. The second-order valence-electron chi connectivity index (χ2n) is 3.28. The van der Waals surface area contributed by atoms with Gasteiger partial charge in [0.25, 0.3) is 0 Å². The summed E-state index contributed by atoms with van der Waals surface area (Å²) in [6.07, 6.45) is 1.23. The third kappa shape index (κ3) is 3.04. The van der Waals surface area contributed by atoms with E-state index in [1.165, 1.54) is 6.39 Å². The Morgan fingerprint density at radius 2 is 2.14 bits per heavy atom. The molecule has 0 saturated heterocycles. The summed E-state index contributed by atoms with van der Waals surface area (Å²) in [5.74, 6) is 0.462. The topological polar surface area (TPSA) is 80.0 Å². The molecule has 0 aliphatic heterocycles. The van der Waals surface area contributed by atoms with Crippen LogP contribution < -0.4 is 10.6 Å². The van der Waals surface area contributed by atoms with E-state index < -0.39 is 0 Å². The number of nitrogens with one attached hydrogen (secondary N) is 2. The molecule has 0 bridgehead atoms. The van der Waals surface area contributed by atoms with Crippen LogP contribution in [0.5, 0.6) is 0 Å². The number of hydrogen-bond donors (Lipinski definition) is 2. The molecule has 6 nitrogen and oxygen atoms in total. The number of amides is 2. The highest BCUT2D eigenvalue weighted by atomic mass is 16.5. The number of aromatic nitrogens is 2. The van der Waals surface area contributed by atoms with Crippen molar-refractivity contribution in [3.63, 3.8) is 0 Å². The van der Waals surface area contributed by atoms with Gasteiger partial charge in [0.15, 0.2) is 5.82 Å². The molecule has 6 heteroatoms. The van der Waals surface area contributed by atoms with Crippen LogP contribution in [0.3, 0.4) is 0 Å². The van der Waals surface area contributed by atoms with Crippen LogP contribution in [0.1, 0.15) is 32.6 Å². The van der Waals surface area contributed by atoms with Crippen molar-refractivity contribution in [3.8, 4) is 0 Å². The van der Waals surface area contributed by atoms with Crippen molar-refractivity contribution >= 4 is 6.03 Å². The lowest BCUT2D eigenvalue weighted by molar-refractivity contribution is 0.235. The van der Waals surface area contributed by atoms with Gasteiger partial charge >= 0.3 is 6.03 Å². The van der Waals surface area contributed by atoms with Gasteiger partial charge in [-0.15, -0.1) is 0 Å². The summed E-state index contributed by atoms with van der Waals surface area (Å²) in [7, 11) is 0. The van der Waals surface area contributed by atoms with E-state index in [1.807, 2.05) is 13.8 Å². The summed E-state index contributed by atoms with van der Waals surface area (Å²) in [6.45, 7) is 5.56. The summed E-state index contributed by atoms with van der Waals surface area (Å²) in [4.78, 5) is 15.1. The zero-order valence-electron chi connectivity index (χ0n) is 8.44. The fraction of sp³-hybridized carbons (Fsp3) is 0.625. The van der Waals surface area contributed by atoms with E-state index in [0.29, 0.717) is 5.82 Å². The molecule has 2 N–H and O–H groups in total. The fourth-order valence-corrected chi connectivity index (χ4v) is 0.935. The van der Waals surface area contributed by atoms with Gasteiger partial charge in [-0.2, -0.15) is 4.98 Å². The van der Waals surface area contributed by atoms with E-state index in [0.717, 1.165) is 0 Å². The van der Waals surface area contributed by atoms with Crippen molar-refractivity contribution in [2.75, 3.05) is 0 Å². The molecule has 1 unspecified atom stereocenters. The van der Waals surface area contributed by atoms with Gasteiger partial charge in [-0.1, -0.05) is 5.16 Å². The van der Waals surface area contributed by atoms with E-state index in [4.69, 9.17) is 0 Å². The summed E-state index contributed by atoms with van der Waals surface area (Å²) in [5.41, 5.74) is 0. The highest BCUT2D eigenvalue weighted by Gasteiger charge is 2.13. The molecule has 1 aromatic rings. The van der Waals surface area contributed by atoms with E-state index in [-0.39, 0.29) is 18.1 Å². The van der Waals surface area contributed by atoms with Crippen LogP contribution in [-0.4, -0.2) is 22.2 Å². The molecule has 78 valence electrons. The Kier molecular flexibility index (Phi) is 3.44. The van der Waals surface area contributed by atoms with Gasteiger partial charge in [-0.25, -0.2) is 4.79 Å². The van der Waals surface area contributed by atoms with E-state index in [9.17, 15) is 4.79 Å². The molecule has 0 spiro atoms. The van der Waals surface area contributed by atoms with Crippen LogP contribution in [0.15, 0.2) is 10.9 Å². The minimum Gasteiger partial charge on any atom is -0.343 e. The molecule has 1 aromatic heterocycles. The van der Waals surface area contributed by atoms with Crippen molar-refractivity contribution in [2.24, 2.45) is 0 Å². The maximum Gasteiger partial charge on any atom is 0.315 e. The molecule has 1 heterocycles. The van der Waals surface area contributed by atoms with Gasteiger partial charge in [0.05, 0.1) is 6.04 Å². The minimum atomic E-state index is -0.257. The summed E-state index contributed by atoms with van der Waals surface area (Å²) in [5, 5.41) is 9.00. The third-order valence-electron chi connectivity index (χ3n) is 1.53. The molecule has 0 fully saturated rings. The maximum absolute atomic E-state index is 11.3. The van der Waals surface area contributed by atoms with Gasteiger partial charge < -0.3 is 15.2 Å². The van der Waals surface area contributed by atoms with Crippen LogP contribution in [-0.2, 0) is 0 Å². The number of nitrogens with zero attached hydrogens (tertiary/aromatic N) is 2. The molecular formula is C8H14N4O2. The van der Waals surface area contributed by atoms with Gasteiger partial charge in [0.1, 0.15) is 0 Å². The Morgan fingerprint density at radius 3 is 2.64 bits per heavy atom. The zero-order valence-corrected chi connectivity index (χ0v) is 8.44. The largest absolute Gasteiger partial charge is 0.343 e. The first kappa shape index (κ1) is 10.5. The van der Waals surface area contributed by atoms with Gasteiger partial charge in [-0.05, 0) is 20.8 Å². The number of urea groups is 1. The van der Waals surface area contributed by atoms with E-state index in [1.54, 1.807) is 6.92 Å². The highest BCUT2D eigenvalue weighted by Crippen LogP contribution is 2.04. The third-order valence-corrected chi connectivity index (χ3v) is 1.53. The number of rotatable bonds is 3. The number of carbonyl (C=O) groups excluding carboxylic acids is 1. The van der Waals surface area contributed by atoms with Gasteiger partial charge in [0.2, 0.25) is 6.39 Å². The number of hydrogen-bond acceptors (Lipinski definition) is 4. The van der Waals surface area contributed by atoms with E-state index >= 15 is 0 Å². The standard InChI is InChI=1S/C8H14N4O2/c1-5(2)10-8(13)11-6(3)7-9-4-14-12-7/h4-6H,1-3H3,(H2,10,11,13). The monoisotopic (exact) mass is 198 g/mol. The Labute approximate surface area is 82.1 Å². The van der Waals surface area contributed by atoms with Crippen molar-refractivity contribution in [2.45, 2.75) is 32.9 Å². The summed E-state index contributed by atoms with van der Waals surface area (Å²) >= 11 is 0. The average Bonchev–Trinajstić information content (AvgIpc) is 2.53. The molecule has 1 atom stereocenters. The van der Waals surface area contributed by atoms with Crippen molar-refractivity contribution in [3.05, 3.63) is 12.2 Å². The molecule has 1 rings (SSSR count). The second-order valence-corrected chi connectivity index (χ2v) is 3.28. The van der Waals surface area contributed by atoms with Crippen LogP contribution >= 0.6 is 0 Å². The van der Waals surface area contributed by atoms with Gasteiger partial charge in [0, 0.05) is 6.04 Å². The van der Waals surface area contributed by atoms with Crippen molar-refractivity contribution in [1.29, 1.82) is 0 Å². The SMILES string of the molecule is CC(C)NC(=O)NC(C)c1ncon1. The smallest absolute Gasteiger partial charge is 0.315 e. The Bertz CT molecular complexity index is 284. The molecule has 0 radical (unpaired) electrons. The Hall–Kier alpha value is -1.59. The second kappa shape index (κ2) is 4.59. The highest BCUT2D eigenvalue weighted by molar-refractivity contribution is 5.74. The quantitative estimate of drug-likeness (QED) is 0.754. The molecule has 2 amide bonds. The molecule has 0 aromatic carbocycles. The summed E-state index contributed by atoms with van der Waals surface area (Å²) in [6, 6.07) is -0.391. The normalized spacial score (nSPS) is 12.6. The molecule has 0 saturated carbocycles. The first-order chi connectivity index (χ1) is 6.59. The lowest BCUT2D eigenvalue weighted by Gasteiger charge is -2.13. The van der Waals surface area contributed by atoms with Crippen LogP contribution in [0.25, 0.3) is 0 Å². The van der Waals surface area contributed by atoms with Crippen LogP contribution in [0.4, 0.5) is 4.79 Å². The van der Waals surface area contributed by atoms with Crippen LogP contribution in [0.2, 0.25) is 0 Å². The van der Waals surface area contributed by atoms with Crippen molar-refractivity contribution < 1.29 is 9.32 Å². The number of carbonyl (C=O) groups is 1. The lowest BCUT2D eigenvalue weighted by atomic mass is 10.3. The van der Waals surface area contributed by atoms with Gasteiger partial charge in [-0.3, -0.25) is 0 Å². The zero-order chi connectivity index (χ0) is 10.6. The minimum absolute atomic E-state index is 0.104. The van der Waals surface area contributed by atoms with Crippen LogP contribution in [0, 0.1) is 0 Å². The average molecular weight is 198 g/mol. The first-order valence-electron chi connectivity index (χ1n) is 4.43. The maximum atomic E-state index is 11.3. The molecule has 0 aliphatic rings. The Morgan fingerprint density at radius 1 is 1.43 bits per heavy atom. The summed E-state index contributed by atoms with van der Waals surface area (Å²) < 4.78 is 4.57. The molecular weight excluding hydrogens is 184 g/mol. The predicted molar refractivity (Wildman–Crippen MR) is 49.5 cm³/mol. The molecule has 14 heavy (non-hydrogen) atoms. The first-order valence-corrected chi connectivity index (χ1v) is 4.43. The lowest BCUT2D eigenvalue weighted by Crippen LogP contribution is -2.40. The molecule has 0 aliphatic carbocycles.